The summed E-state index contributed by atoms with van der Waals surface area (Å²) in [6.45, 7) is 4.17. The van der Waals surface area contributed by atoms with Gasteiger partial charge in [0.25, 0.3) is 5.91 Å². The van der Waals surface area contributed by atoms with Gasteiger partial charge in [0.15, 0.2) is 0 Å². The Hall–Kier alpha value is -1.96. The Balaban J connectivity index is 2.98. The fourth-order valence-corrected chi connectivity index (χ4v) is 1.20. The van der Waals surface area contributed by atoms with Crippen molar-refractivity contribution >= 4 is 5.91 Å². The molecule has 1 amide bonds. The lowest BCUT2D eigenvalue weighted by molar-refractivity contribution is 0.0945. The lowest BCUT2D eigenvalue weighted by Gasteiger charge is -2.08. The predicted octanol–water partition coefficient (Wildman–Crippen LogP) is 2.22. The molecule has 0 unspecified atom stereocenters. The number of benzene rings is 1. The second-order valence-corrected chi connectivity index (χ2v) is 4.03. The van der Waals surface area contributed by atoms with E-state index in [1.54, 1.807) is 6.07 Å². The van der Waals surface area contributed by atoms with Gasteiger partial charge < -0.3 is 5.32 Å². The topological polar surface area (TPSA) is 52.9 Å². The highest BCUT2D eigenvalue weighted by Gasteiger charge is 2.15. The average molecular weight is 238 g/mol. The standard InChI is InChI=1S/C12H12F2N2O/c1-7(2)6-16-12(17)9-3-8(5-15)10(13)4-11(9)14/h3-4,7H,6H2,1-2H3,(H,16,17). The highest BCUT2D eigenvalue weighted by atomic mass is 19.1. The van der Waals surface area contributed by atoms with Gasteiger partial charge in [0, 0.05) is 12.6 Å². The monoisotopic (exact) mass is 238 g/mol. The van der Waals surface area contributed by atoms with Crippen molar-refractivity contribution < 1.29 is 13.6 Å². The van der Waals surface area contributed by atoms with Crippen molar-refractivity contribution in [2.45, 2.75) is 13.8 Å². The van der Waals surface area contributed by atoms with Gasteiger partial charge in [0.05, 0.1) is 11.1 Å². The smallest absolute Gasteiger partial charge is 0.254 e. The Morgan fingerprint density at radius 2 is 2.06 bits per heavy atom. The first-order chi connectivity index (χ1) is 7.95. The molecule has 5 heteroatoms. The third-order valence-corrected chi connectivity index (χ3v) is 2.09. The molecule has 0 aliphatic rings. The number of nitrogens with zero attached hydrogens (tertiary/aromatic N) is 1. The number of carbonyl (C=O) groups is 1. The summed E-state index contributed by atoms with van der Waals surface area (Å²) in [5, 5.41) is 11.1. The zero-order valence-corrected chi connectivity index (χ0v) is 9.55. The van der Waals surface area contributed by atoms with Crippen LogP contribution in [-0.2, 0) is 0 Å². The van der Waals surface area contributed by atoms with Crippen LogP contribution in [0, 0.1) is 28.9 Å². The van der Waals surface area contributed by atoms with Crippen LogP contribution < -0.4 is 5.32 Å². The van der Waals surface area contributed by atoms with E-state index in [-0.39, 0.29) is 17.0 Å². The van der Waals surface area contributed by atoms with E-state index in [2.05, 4.69) is 5.32 Å². The molecule has 0 fully saturated rings. The maximum absolute atomic E-state index is 13.3. The third-order valence-electron chi connectivity index (χ3n) is 2.09. The molecule has 0 radical (unpaired) electrons. The largest absolute Gasteiger partial charge is 0.352 e. The highest BCUT2D eigenvalue weighted by Crippen LogP contribution is 2.14. The summed E-state index contributed by atoms with van der Waals surface area (Å²) in [6, 6.07) is 3.02. The number of nitriles is 1. The first-order valence-corrected chi connectivity index (χ1v) is 5.13. The molecule has 1 N–H and O–H groups in total. The van der Waals surface area contributed by atoms with Gasteiger partial charge in [-0.1, -0.05) is 13.8 Å². The van der Waals surface area contributed by atoms with E-state index < -0.39 is 17.5 Å². The molecule has 0 aliphatic heterocycles. The summed E-state index contributed by atoms with van der Waals surface area (Å²) in [4.78, 5) is 11.6. The van der Waals surface area contributed by atoms with Crippen molar-refractivity contribution in [1.82, 2.24) is 5.32 Å². The molecule has 1 aromatic carbocycles. The van der Waals surface area contributed by atoms with E-state index in [4.69, 9.17) is 5.26 Å². The first kappa shape index (κ1) is 13.1. The molecular formula is C12H12F2N2O. The molecule has 0 atom stereocenters. The predicted molar refractivity (Wildman–Crippen MR) is 58.2 cm³/mol. The van der Waals surface area contributed by atoms with E-state index in [0.29, 0.717) is 12.6 Å². The fourth-order valence-electron chi connectivity index (χ4n) is 1.20. The Bertz CT molecular complexity index is 478. The molecule has 0 saturated heterocycles. The minimum Gasteiger partial charge on any atom is -0.352 e. The van der Waals surface area contributed by atoms with E-state index in [9.17, 15) is 13.6 Å². The van der Waals surface area contributed by atoms with Crippen molar-refractivity contribution in [2.24, 2.45) is 5.92 Å². The van der Waals surface area contributed by atoms with Gasteiger partial charge in [0.2, 0.25) is 0 Å². The Kier molecular flexibility index (Phi) is 4.16. The van der Waals surface area contributed by atoms with Crippen LogP contribution >= 0.6 is 0 Å². The van der Waals surface area contributed by atoms with Crippen LogP contribution in [0.25, 0.3) is 0 Å². The first-order valence-electron chi connectivity index (χ1n) is 5.13. The van der Waals surface area contributed by atoms with Crippen LogP contribution in [0.1, 0.15) is 29.8 Å². The maximum Gasteiger partial charge on any atom is 0.254 e. The number of hydrogen-bond acceptors (Lipinski definition) is 2. The normalized spacial score (nSPS) is 10.1. The van der Waals surface area contributed by atoms with Gasteiger partial charge in [-0.15, -0.1) is 0 Å². The fraction of sp³-hybridized carbons (Fsp3) is 0.333. The highest BCUT2D eigenvalue weighted by molar-refractivity contribution is 5.94. The van der Waals surface area contributed by atoms with Crippen LogP contribution in [0.3, 0.4) is 0 Å². The molecule has 90 valence electrons. The van der Waals surface area contributed by atoms with Crippen molar-refractivity contribution in [1.29, 1.82) is 5.26 Å². The number of amides is 1. The van der Waals surface area contributed by atoms with Gasteiger partial charge in [-0.3, -0.25) is 4.79 Å². The summed E-state index contributed by atoms with van der Waals surface area (Å²) in [7, 11) is 0. The van der Waals surface area contributed by atoms with E-state index in [1.165, 1.54) is 0 Å². The lowest BCUT2D eigenvalue weighted by Crippen LogP contribution is -2.28. The Morgan fingerprint density at radius 3 is 2.59 bits per heavy atom. The van der Waals surface area contributed by atoms with Gasteiger partial charge in [-0.05, 0) is 12.0 Å². The van der Waals surface area contributed by atoms with Crippen LogP contribution in [0.4, 0.5) is 8.78 Å². The summed E-state index contributed by atoms with van der Waals surface area (Å²) >= 11 is 0. The lowest BCUT2D eigenvalue weighted by atomic mass is 10.1. The zero-order chi connectivity index (χ0) is 13.0. The number of carbonyl (C=O) groups excluding carboxylic acids is 1. The number of rotatable bonds is 3. The molecule has 1 rings (SSSR count). The molecule has 17 heavy (non-hydrogen) atoms. The molecule has 0 saturated carbocycles. The Labute approximate surface area is 98.1 Å². The van der Waals surface area contributed by atoms with Crippen molar-refractivity contribution in [3.63, 3.8) is 0 Å². The molecule has 3 nitrogen and oxygen atoms in total. The van der Waals surface area contributed by atoms with Crippen LogP contribution in [0.15, 0.2) is 12.1 Å². The van der Waals surface area contributed by atoms with E-state index >= 15 is 0 Å². The summed E-state index contributed by atoms with van der Waals surface area (Å²) in [5.74, 6) is -2.36. The van der Waals surface area contributed by atoms with Crippen molar-refractivity contribution in [2.75, 3.05) is 6.54 Å². The average Bonchev–Trinajstić information content (AvgIpc) is 2.26. The van der Waals surface area contributed by atoms with Gasteiger partial charge >= 0.3 is 0 Å². The van der Waals surface area contributed by atoms with Gasteiger partial charge in [0.1, 0.15) is 17.7 Å². The number of halogens is 2. The molecule has 0 aliphatic carbocycles. The second-order valence-electron chi connectivity index (χ2n) is 4.03. The minimum absolute atomic E-state index is 0.220. The molecule has 0 bridgehead atoms. The zero-order valence-electron chi connectivity index (χ0n) is 9.55. The number of hydrogen-bond donors (Lipinski definition) is 1. The van der Waals surface area contributed by atoms with Gasteiger partial charge in [-0.25, -0.2) is 8.78 Å². The van der Waals surface area contributed by atoms with Crippen molar-refractivity contribution in [3.8, 4) is 6.07 Å². The molecule has 0 heterocycles. The maximum atomic E-state index is 13.3. The summed E-state index contributed by atoms with van der Waals surface area (Å²) < 4.78 is 26.3. The van der Waals surface area contributed by atoms with E-state index in [1.807, 2.05) is 13.8 Å². The second kappa shape index (κ2) is 5.39. The SMILES string of the molecule is CC(C)CNC(=O)c1cc(C#N)c(F)cc1F. The summed E-state index contributed by atoms with van der Waals surface area (Å²) in [5.41, 5.74) is -0.662. The summed E-state index contributed by atoms with van der Waals surface area (Å²) in [6.07, 6.45) is 0. The van der Waals surface area contributed by atoms with Crippen LogP contribution in [0.5, 0.6) is 0 Å². The van der Waals surface area contributed by atoms with Crippen LogP contribution in [-0.4, -0.2) is 12.5 Å². The number of nitrogens with one attached hydrogen (secondary N) is 1. The third kappa shape index (κ3) is 3.25. The van der Waals surface area contributed by atoms with Gasteiger partial charge in [-0.2, -0.15) is 5.26 Å². The Morgan fingerprint density at radius 1 is 1.41 bits per heavy atom. The molecule has 1 aromatic rings. The van der Waals surface area contributed by atoms with Crippen LogP contribution in [0.2, 0.25) is 0 Å². The molecular weight excluding hydrogens is 226 g/mol. The molecule has 0 spiro atoms. The van der Waals surface area contributed by atoms with Crippen molar-refractivity contribution in [3.05, 3.63) is 34.9 Å². The molecule has 0 aromatic heterocycles. The quantitative estimate of drug-likeness (QED) is 0.877. The minimum atomic E-state index is -0.970. The van der Waals surface area contributed by atoms with E-state index in [0.717, 1.165) is 6.07 Å².